The van der Waals surface area contributed by atoms with E-state index < -0.39 is 23.6 Å². The number of alkyl halides is 3. The highest BCUT2D eigenvalue weighted by atomic mass is 32.2. The van der Waals surface area contributed by atoms with Gasteiger partial charge >= 0.3 is 12.3 Å². The molecule has 0 unspecified atom stereocenters. The number of anilines is 2. The van der Waals surface area contributed by atoms with Crippen LogP contribution in [0.1, 0.15) is 44.9 Å². The van der Waals surface area contributed by atoms with E-state index in [4.69, 9.17) is 4.74 Å². The maximum absolute atomic E-state index is 14.0. The second-order valence-electron chi connectivity index (χ2n) is 8.97. The summed E-state index contributed by atoms with van der Waals surface area (Å²) in [6.07, 6.45) is -0.641. The van der Waals surface area contributed by atoms with Crippen LogP contribution in [-0.4, -0.2) is 58.4 Å². The van der Waals surface area contributed by atoms with E-state index in [0.717, 1.165) is 30.8 Å². The van der Waals surface area contributed by atoms with Crippen molar-refractivity contribution in [2.75, 3.05) is 36.6 Å². The lowest BCUT2D eigenvalue weighted by Crippen LogP contribution is -2.35. The highest BCUT2D eigenvalue weighted by molar-refractivity contribution is 7.96. The third-order valence-corrected chi connectivity index (χ3v) is 7.22. The molecular weight excluding hydrogens is 501 g/mol. The van der Waals surface area contributed by atoms with Crippen molar-refractivity contribution in [3.8, 4) is 16.5 Å². The molecule has 1 aliphatic heterocycles. The first kappa shape index (κ1) is 27.0. The van der Waals surface area contributed by atoms with Crippen LogP contribution in [0.4, 0.5) is 28.9 Å². The minimum atomic E-state index is -4.80. The number of pyridine rings is 1. The number of thiazole rings is 1. The number of piperidine rings is 1. The maximum atomic E-state index is 14.0. The van der Waals surface area contributed by atoms with Crippen molar-refractivity contribution in [3.05, 3.63) is 23.5 Å². The minimum Gasteiger partial charge on any atom is -0.443 e. The van der Waals surface area contributed by atoms with Crippen LogP contribution in [0.3, 0.4) is 0 Å². The number of carbonyl (C=O) groups excluding carboxylic acids is 1. The molecule has 2 aromatic heterocycles. The van der Waals surface area contributed by atoms with Crippen molar-refractivity contribution < 1.29 is 22.7 Å². The van der Waals surface area contributed by atoms with Gasteiger partial charge in [-0.3, -0.25) is 9.21 Å². The Bertz CT molecular complexity index is 1100. The topological polar surface area (TPSA) is 94.4 Å². The predicted molar refractivity (Wildman–Crippen MR) is 131 cm³/mol. The summed E-state index contributed by atoms with van der Waals surface area (Å²) < 4.78 is 49.3. The SMILES string of the molecule is CSN1CCC(Nc2cc(-c3sc(N(C)C(=O)OC(C)(C)C)nc3C(F)(F)F)c(C#N)cn2)CC1. The Balaban J connectivity index is 1.97. The fourth-order valence-electron chi connectivity index (χ4n) is 3.44. The zero-order chi connectivity index (χ0) is 26.0. The summed E-state index contributed by atoms with van der Waals surface area (Å²) >= 11 is 2.34. The largest absolute Gasteiger partial charge is 0.443 e. The Hall–Kier alpha value is -2.56. The van der Waals surface area contributed by atoms with Crippen molar-refractivity contribution in [2.45, 2.75) is 51.4 Å². The van der Waals surface area contributed by atoms with Gasteiger partial charge in [-0.15, -0.1) is 0 Å². The van der Waals surface area contributed by atoms with Crippen LogP contribution in [0.25, 0.3) is 10.4 Å². The molecular formula is C22H27F3N6O2S2. The number of nitrogens with zero attached hydrogens (tertiary/aromatic N) is 5. The number of halogens is 3. The van der Waals surface area contributed by atoms with Gasteiger partial charge in [0.05, 0.1) is 10.4 Å². The lowest BCUT2D eigenvalue weighted by Gasteiger charge is -2.30. The standard InChI is InChI=1S/C22H27F3N6O2S2/c1-21(2,3)33-20(32)30(4)19-29-18(22(23,24)25)17(35-19)15-10-16(27-12-13(15)11-26)28-14-6-8-31(34-5)9-7-14/h10,12,14H,6-9H2,1-5H3,(H,27,28). The maximum Gasteiger partial charge on any atom is 0.434 e. The molecule has 0 aromatic carbocycles. The summed E-state index contributed by atoms with van der Waals surface area (Å²) in [6, 6.07) is 3.47. The molecule has 0 radical (unpaired) electrons. The molecule has 13 heteroatoms. The van der Waals surface area contributed by atoms with Crippen LogP contribution in [0.5, 0.6) is 0 Å². The molecule has 1 saturated heterocycles. The molecule has 0 saturated carbocycles. The first-order valence-electron chi connectivity index (χ1n) is 10.8. The highest BCUT2D eigenvalue weighted by Crippen LogP contribution is 2.44. The van der Waals surface area contributed by atoms with Gasteiger partial charge in [-0.05, 0) is 45.9 Å². The average molecular weight is 529 g/mol. The van der Waals surface area contributed by atoms with E-state index in [1.54, 1.807) is 32.7 Å². The van der Waals surface area contributed by atoms with Crippen LogP contribution in [0.15, 0.2) is 12.3 Å². The van der Waals surface area contributed by atoms with E-state index >= 15 is 0 Å². The Morgan fingerprint density at radius 2 is 2.00 bits per heavy atom. The lowest BCUT2D eigenvalue weighted by molar-refractivity contribution is -0.140. The third-order valence-electron chi connectivity index (χ3n) is 5.17. The number of aromatic nitrogens is 2. The molecule has 0 aliphatic carbocycles. The van der Waals surface area contributed by atoms with Gasteiger partial charge in [0.2, 0.25) is 0 Å². The number of nitrogens with one attached hydrogen (secondary N) is 1. The van der Waals surface area contributed by atoms with Gasteiger partial charge in [0.25, 0.3) is 0 Å². The number of hydrogen-bond acceptors (Lipinski definition) is 9. The minimum absolute atomic E-state index is 0.0200. The summed E-state index contributed by atoms with van der Waals surface area (Å²) in [5, 5.41) is 12.7. The zero-order valence-corrected chi connectivity index (χ0v) is 21.7. The molecule has 2 aromatic rings. The fourth-order valence-corrected chi connectivity index (χ4v) is 5.08. The summed E-state index contributed by atoms with van der Waals surface area (Å²) in [5.74, 6) is 0.380. The molecule has 0 atom stereocenters. The van der Waals surface area contributed by atoms with Gasteiger partial charge in [0.1, 0.15) is 17.5 Å². The van der Waals surface area contributed by atoms with E-state index in [1.165, 1.54) is 19.3 Å². The predicted octanol–water partition coefficient (Wildman–Crippen LogP) is 5.62. The van der Waals surface area contributed by atoms with Gasteiger partial charge in [-0.25, -0.2) is 14.8 Å². The van der Waals surface area contributed by atoms with Gasteiger partial charge in [0.15, 0.2) is 10.8 Å². The molecule has 1 N–H and O–H groups in total. The molecule has 1 amide bonds. The summed E-state index contributed by atoms with van der Waals surface area (Å²) in [4.78, 5) is 21.0. The van der Waals surface area contributed by atoms with Gasteiger partial charge in [-0.1, -0.05) is 23.3 Å². The van der Waals surface area contributed by atoms with E-state index in [2.05, 4.69) is 19.6 Å². The van der Waals surface area contributed by atoms with Crippen molar-refractivity contribution >= 4 is 40.3 Å². The Labute approximate surface area is 210 Å². The number of ether oxygens (including phenoxy) is 1. The number of rotatable bonds is 5. The number of nitriles is 1. The van der Waals surface area contributed by atoms with Crippen LogP contribution < -0.4 is 10.2 Å². The molecule has 1 aliphatic rings. The van der Waals surface area contributed by atoms with Crippen LogP contribution in [-0.2, 0) is 10.9 Å². The van der Waals surface area contributed by atoms with Crippen molar-refractivity contribution in [3.63, 3.8) is 0 Å². The van der Waals surface area contributed by atoms with E-state index in [1.807, 2.05) is 12.3 Å². The molecule has 3 heterocycles. The van der Waals surface area contributed by atoms with Gasteiger partial charge in [0, 0.05) is 37.9 Å². The summed E-state index contributed by atoms with van der Waals surface area (Å²) in [6.45, 7) is 6.74. The third kappa shape index (κ3) is 6.77. The van der Waals surface area contributed by atoms with Crippen molar-refractivity contribution in [1.82, 2.24) is 14.3 Å². The molecule has 8 nitrogen and oxygen atoms in total. The molecule has 1 fully saturated rings. The Morgan fingerprint density at radius 3 is 2.54 bits per heavy atom. The van der Waals surface area contributed by atoms with Crippen molar-refractivity contribution in [2.24, 2.45) is 0 Å². The van der Waals surface area contributed by atoms with Crippen molar-refractivity contribution in [1.29, 1.82) is 5.26 Å². The first-order chi connectivity index (χ1) is 16.3. The van der Waals surface area contributed by atoms with Gasteiger partial charge < -0.3 is 10.1 Å². The number of amides is 1. The summed E-state index contributed by atoms with van der Waals surface area (Å²) in [7, 11) is 1.29. The second kappa shape index (κ2) is 10.6. The highest BCUT2D eigenvalue weighted by Gasteiger charge is 2.40. The normalized spacial score (nSPS) is 15.5. The second-order valence-corrected chi connectivity index (χ2v) is 10.8. The number of carbonyl (C=O) groups is 1. The van der Waals surface area contributed by atoms with E-state index in [-0.39, 0.29) is 27.2 Å². The van der Waals surface area contributed by atoms with Crippen LogP contribution >= 0.6 is 23.3 Å². The van der Waals surface area contributed by atoms with Gasteiger partial charge in [-0.2, -0.15) is 18.4 Å². The molecule has 190 valence electrons. The Kier molecular flexibility index (Phi) is 8.18. The summed E-state index contributed by atoms with van der Waals surface area (Å²) in [5.41, 5.74) is -1.97. The monoisotopic (exact) mass is 528 g/mol. The number of hydrogen-bond donors (Lipinski definition) is 1. The van der Waals surface area contributed by atoms with E-state index in [9.17, 15) is 23.2 Å². The Morgan fingerprint density at radius 1 is 1.34 bits per heavy atom. The average Bonchev–Trinajstić information content (AvgIpc) is 3.24. The van der Waals surface area contributed by atoms with Crippen LogP contribution in [0, 0.1) is 11.3 Å². The van der Waals surface area contributed by atoms with E-state index in [0.29, 0.717) is 17.2 Å². The van der Waals surface area contributed by atoms with Crippen LogP contribution in [0.2, 0.25) is 0 Å². The first-order valence-corrected chi connectivity index (χ1v) is 12.8. The smallest absolute Gasteiger partial charge is 0.434 e. The zero-order valence-electron chi connectivity index (χ0n) is 20.1. The molecule has 0 spiro atoms. The molecule has 35 heavy (non-hydrogen) atoms. The quantitative estimate of drug-likeness (QED) is 0.500. The fraction of sp³-hybridized carbons (Fsp3) is 0.545. The molecule has 0 bridgehead atoms. The molecule has 3 rings (SSSR count). The lowest BCUT2D eigenvalue weighted by atomic mass is 10.1.